The summed E-state index contributed by atoms with van der Waals surface area (Å²) >= 11 is 0. The third-order valence-corrected chi connectivity index (χ3v) is 4.98. The Bertz CT molecular complexity index is 1010. The highest BCUT2D eigenvalue weighted by molar-refractivity contribution is 6.09. The lowest BCUT2D eigenvalue weighted by atomic mass is 9.85. The predicted octanol–water partition coefficient (Wildman–Crippen LogP) is 2.46. The Hall–Kier alpha value is -3.81. The monoisotopic (exact) mass is 411 g/mol. The van der Waals surface area contributed by atoms with Gasteiger partial charge in [0, 0.05) is 11.8 Å². The van der Waals surface area contributed by atoms with Crippen molar-refractivity contribution in [1.82, 2.24) is 0 Å². The van der Waals surface area contributed by atoms with E-state index >= 15 is 0 Å². The van der Waals surface area contributed by atoms with Crippen molar-refractivity contribution >= 4 is 29.6 Å². The van der Waals surface area contributed by atoms with Crippen LogP contribution in [0.15, 0.2) is 48.5 Å². The van der Waals surface area contributed by atoms with Crippen molar-refractivity contribution in [3.63, 3.8) is 0 Å². The summed E-state index contributed by atoms with van der Waals surface area (Å²) in [6, 6.07) is 10.3. The van der Waals surface area contributed by atoms with E-state index in [9.17, 15) is 24.6 Å². The first-order valence-electron chi connectivity index (χ1n) is 9.14. The van der Waals surface area contributed by atoms with Gasteiger partial charge in [0.1, 0.15) is 6.04 Å². The Labute approximate surface area is 173 Å². The van der Waals surface area contributed by atoms with Crippen molar-refractivity contribution in [3.8, 4) is 11.5 Å². The van der Waals surface area contributed by atoms with Crippen LogP contribution < -0.4 is 14.4 Å². The van der Waals surface area contributed by atoms with Gasteiger partial charge in [-0.05, 0) is 41.8 Å². The van der Waals surface area contributed by atoms with E-state index < -0.39 is 29.8 Å². The molecule has 1 aliphatic heterocycles. The third kappa shape index (κ3) is 3.98. The summed E-state index contributed by atoms with van der Waals surface area (Å²) in [5.74, 6) is -3.51. The van der Waals surface area contributed by atoms with Gasteiger partial charge in [-0.25, -0.2) is 4.79 Å². The molecule has 8 nitrogen and oxygen atoms in total. The minimum atomic E-state index is -1.51. The number of hydrogen-bond acceptors (Lipinski definition) is 5. The molecule has 2 atom stereocenters. The van der Waals surface area contributed by atoms with Crippen LogP contribution in [-0.2, 0) is 20.8 Å². The normalized spacial score (nSPS) is 18.0. The summed E-state index contributed by atoms with van der Waals surface area (Å²) < 4.78 is 10.4. The number of carboxylic acid groups (broad SMARTS) is 2. The van der Waals surface area contributed by atoms with Gasteiger partial charge < -0.3 is 19.7 Å². The SMILES string of the molecule is COc1ccc(/C=C/C(=O)N2c3ccccc3CC(C(=O)O)C2C(=O)O)cc1OC. The molecular formula is C22H21NO7. The second-order valence-corrected chi connectivity index (χ2v) is 6.72. The summed E-state index contributed by atoms with van der Waals surface area (Å²) in [5.41, 5.74) is 1.63. The molecule has 8 heteroatoms. The molecule has 0 aliphatic carbocycles. The number of carboxylic acids is 2. The topological polar surface area (TPSA) is 113 Å². The molecule has 30 heavy (non-hydrogen) atoms. The van der Waals surface area contributed by atoms with Gasteiger partial charge in [-0.15, -0.1) is 0 Å². The van der Waals surface area contributed by atoms with Gasteiger partial charge >= 0.3 is 11.9 Å². The van der Waals surface area contributed by atoms with Crippen molar-refractivity contribution in [1.29, 1.82) is 0 Å². The maximum Gasteiger partial charge on any atom is 0.327 e. The highest BCUT2D eigenvalue weighted by Crippen LogP contribution is 2.35. The molecule has 1 heterocycles. The second kappa shape index (κ2) is 8.69. The first-order chi connectivity index (χ1) is 14.4. The van der Waals surface area contributed by atoms with Crippen LogP contribution in [0, 0.1) is 5.92 Å². The average molecular weight is 411 g/mol. The number of hydrogen-bond donors (Lipinski definition) is 2. The molecule has 2 aromatic rings. The fourth-order valence-electron chi connectivity index (χ4n) is 3.56. The number of anilines is 1. The van der Waals surface area contributed by atoms with Crippen molar-refractivity contribution in [2.45, 2.75) is 12.5 Å². The Kier molecular flexibility index (Phi) is 6.06. The zero-order chi connectivity index (χ0) is 21.8. The van der Waals surface area contributed by atoms with Crippen LogP contribution in [0.2, 0.25) is 0 Å². The fraction of sp³-hybridized carbons (Fsp3) is 0.227. The Morgan fingerprint density at radius 2 is 1.70 bits per heavy atom. The smallest absolute Gasteiger partial charge is 0.327 e. The minimum absolute atomic E-state index is 0.0334. The number of methoxy groups -OCH3 is 2. The fourth-order valence-corrected chi connectivity index (χ4v) is 3.56. The first kappa shape index (κ1) is 20.9. The van der Waals surface area contributed by atoms with Crippen molar-refractivity contribution in [2.75, 3.05) is 19.1 Å². The quantitative estimate of drug-likeness (QED) is 0.702. The van der Waals surface area contributed by atoms with Gasteiger partial charge in [0.05, 0.1) is 20.1 Å². The minimum Gasteiger partial charge on any atom is -0.493 e. The number of para-hydroxylation sites is 1. The molecule has 1 aliphatic rings. The van der Waals surface area contributed by atoms with Crippen LogP contribution in [0.25, 0.3) is 6.08 Å². The van der Waals surface area contributed by atoms with Gasteiger partial charge in [-0.2, -0.15) is 0 Å². The summed E-state index contributed by atoms with van der Waals surface area (Å²) in [7, 11) is 3.00. The average Bonchev–Trinajstić information content (AvgIpc) is 2.75. The van der Waals surface area contributed by atoms with Crippen LogP contribution in [0.4, 0.5) is 5.69 Å². The molecule has 0 bridgehead atoms. The van der Waals surface area contributed by atoms with Crippen LogP contribution in [-0.4, -0.2) is 48.3 Å². The molecule has 0 saturated carbocycles. The highest BCUT2D eigenvalue weighted by atomic mass is 16.5. The van der Waals surface area contributed by atoms with Crippen LogP contribution in [0.1, 0.15) is 11.1 Å². The summed E-state index contributed by atoms with van der Waals surface area (Å²) in [4.78, 5) is 37.7. The Morgan fingerprint density at radius 3 is 2.33 bits per heavy atom. The second-order valence-electron chi connectivity index (χ2n) is 6.72. The lowest BCUT2D eigenvalue weighted by Crippen LogP contribution is -2.54. The molecule has 1 amide bonds. The molecule has 156 valence electrons. The van der Waals surface area contributed by atoms with Gasteiger partial charge in [0.2, 0.25) is 0 Å². The molecule has 2 unspecified atom stereocenters. The number of amides is 1. The number of fused-ring (bicyclic) bond motifs is 1. The van der Waals surface area contributed by atoms with Crippen molar-refractivity contribution in [3.05, 3.63) is 59.7 Å². The predicted molar refractivity (Wildman–Crippen MR) is 109 cm³/mol. The van der Waals surface area contributed by atoms with Crippen molar-refractivity contribution < 1.29 is 34.1 Å². The molecule has 0 saturated heterocycles. The molecule has 0 radical (unpaired) electrons. The molecule has 2 N–H and O–H groups in total. The zero-order valence-electron chi connectivity index (χ0n) is 16.4. The van der Waals surface area contributed by atoms with E-state index in [1.807, 2.05) is 0 Å². The largest absolute Gasteiger partial charge is 0.493 e. The van der Waals surface area contributed by atoms with E-state index in [1.54, 1.807) is 42.5 Å². The standard InChI is InChI=1S/C22H21NO7/c1-29-17-9-7-13(11-18(17)30-2)8-10-19(24)23-16-6-4-3-5-14(16)12-15(21(25)26)20(23)22(27)28/h3-11,15,20H,12H2,1-2H3,(H,25,26)(H,27,28)/b10-8+. The molecule has 0 spiro atoms. The maximum absolute atomic E-state index is 13.0. The third-order valence-electron chi connectivity index (χ3n) is 4.98. The van der Waals surface area contributed by atoms with Gasteiger partial charge in [-0.3, -0.25) is 14.5 Å². The van der Waals surface area contributed by atoms with Gasteiger partial charge in [-0.1, -0.05) is 24.3 Å². The molecule has 0 fully saturated rings. The Morgan fingerprint density at radius 1 is 1.00 bits per heavy atom. The molecule has 2 aromatic carbocycles. The van der Waals surface area contributed by atoms with E-state index in [1.165, 1.54) is 26.4 Å². The number of rotatable bonds is 6. The number of nitrogens with zero attached hydrogens (tertiary/aromatic N) is 1. The van der Waals surface area contributed by atoms with Gasteiger partial charge in [0.15, 0.2) is 11.5 Å². The van der Waals surface area contributed by atoms with Crippen molar-refractivity contribution in [2.24, 2.45) is 5.92 Å². The number of carbonyl (C=O) groups is 3. The van der Waals surface area contributed by atoms with E-state index in [2.05, 4.69) is 0 Å². The molecule has 3 rings (SSSR count). The number of benzene rings is 2. The molecular weight excluding hydrogens is 390 g/mol. The van der Waals surface area contributed by atoms with Gasteiger partial charge in [0.25, 0.3) is 5.91 Å². The van der Waals surface area contributed by atoms with E-state index in [-0.39, 0.29) is 6.42 Å². The van der Waals surface area contributed by atoms with Crippen LogP contribution in [0.3, 0.4) is 0 Å². The lowest BCUT2D eigenvalue weighted by molar-refractivity contribution is -0.150. The van der Waals surface area contributed by atoms with E-state index in [0.717, 1.165) is 4.90 Å². The highest BCUT2D eigenvalue weighted by Gasteiger charge is 2.45. The Balaban J connectivity index is 1.99. The lowest BCUT2D eigenvalue weighted by Gasteiger charge is -2.37. The number of carbonyl (C=O) groups excluding carboxylic acids is 1. The van der Waals surface area contributed by atoms with Crippen LogP contribution in [0.5, 0.6) is 11.5 Å². The maximum atomic E-state index is 13.0. The van der Waals surface area contributed by atoms with E-state index in [4.69, 9.17) is 9.47 Å². The van der Waals surface area contributed by atoms with Crippen LogP contribution >= 0.6 is 0 Å². The van der Waals surface area contributed by atoms with E-state index in [0.29, 0.717) is 28.3 Å². The first-order valence-corrected chi connectivity index (χ1v) is 9.14. The zero-order valence-corrected chi connectivity index (χ0v) is 16.4. The summed E-state index contributed by atoms with van der Waals surface area (Å²) in [6.07, 6.45) is 2.76. The summed E-state index contributed by atoms with van der Waals surface area (Å²) in [6.45, 7) is 0. The summed E-state index contributed by atoms with van der Waals surface area (Å²) in [5, 5.41) is 19.3. The number of ether oxygens (including phenoxy) is 2. The molecule has 0 aromatic heterocycles. The number of aliphatic carboxylic acids is 2.